The number of nitro benzene ring substituents is 1. The molecular formula is C18H19NO7S. The standard InChI is InChI=1S/C18H19NO7S/c1-24-11-26-16(18(21)25-2)17(12-7-9-13(20)10-8-12)27-15-6-4-3-5-14(15)19(22)23/h3-10,16-17,20H,11H2,1-2H3/t16-,17+/m1/s1. The molecule has 1 N–H and O–H groups in total. The summed E-state index contributed by atoms with van der Waals surface area (Å²) in [5, 5.41) is 20.2. The van der Waals surface area contributed by atoms with Crippen LogP contribution in [0, 0.1) is 10.1 Å². The number of methoxy groups -OCH3 is 2. The maximum atomic E-state index is 12.3. The van der Waals surface area contributed by atoms with Gasteiger partial charge >= 0.3 is 5.97 Å². The van der Waals surface area contributed by atoms with Crippen molar-refractivity contribution in [2.75, 3.05) is 21.0 Å². The average molecular weight is 393 g/mol. The summed E-state index contributed by atoms with van der Waals surface area (Å²) in [6.45, 7) is -0.161. The Morgan fingerprint density at radius 1 is 1.19 bits per heavy atom. The van der Waals surface area contributed by atoms with Gasteiger partial charge in [0, 0.05) is 13.2 Å². The van der Waals surface area contributed by atoms with Gasteiger partial charge in [-0.15, -0.1) is 11.8 Å². The van der Waals surface area contributed by atoms with Crippen LogP contribution in [0.4, 0.5) is 5.69 Å². The van der Waals surface area contributed by atoms with E-state index in [2.05, 4.69) is 0 Å². The van der Waals surface area contributed by atoms with Gasteiger partial charge in [-0.3, -0.25) is 10.1 Å². The second-order valence-electron chi connectivity index (χ2n) is 5.37. The molecule has 144 valence electrons. The van der Waals surface area contributed by atoms with Crippen molar-refractivity contribution in [3.63, 3.8) is 0 Å². The molecule has 2 aromatic carbocycles. The molecule has 0 aliphatic rings. The van der Waals surface area contributed by atoms with E-state index < -0.39 is 22.2 Å². The summed E-state index contributed by atoms with van der Waals surface area (Å²) >= 11 is 1.10. The Labute approximate surface area is 160 Å². The van der Waals surface area contributed by atoms with Crippen molar-refractivity contribution in [1.29, 1.82) is 0 Å². The number of nitro groups is 1. The summed E-state index contributed by atoms with van der Waals surface area (Å²) in [7, 11) is 2.65. The van der Waals surface area contributed by atoms with E-state index >= 15 is 0 Å². The van der Waals surface area contributed by atoms with E-state index in [1.165, 1.54) is 32.4 Å². The van der Waals surface area contributed by atoms with Gasteiger partial charge in [-0.05, 0) is 23.8 Å². The molecule has 9 heteroatoms. The molecule has 0 saturated carbocycles. The topological polar surface area (TPSA) is 108 Å². The number of thioether (sulfide) groups is 1. The molecule has 2 rings (SSSR count). The van der Waals surface area contributed by atoms with E-state index in [1.807, 2.05) is 0 Å². The van der Waals surface area contributed by atoms with Crippen LogP contribution in [0.15, 0.2) is 53.4 Å². The third kappa shape index (κ3) is 5.43. The fraction of sp³-hybridized carbons (Fsp3) is 0.278. The van der Waals surface area contributed by atoms with Crippen molar-refractivity contribution < 1.29 is 29.0 Å². The van der Waals surface area contributed by atoms with Crippen molar-refractivity contribution in [2.45, 2.75) is 16.2 Å². The number of nitrogens with zero attached hydrogens (tertiary/aromatic N) is 1. The minimum Gasteiger partial charge on any atom is -0.508 e. The Balaban J connectivity index is 2.47. The van der Waals surface area contributed by atoms with Gasteiger partial charge in [0.15, 0.2) is 6.10 Å². The lowest BCUT2D eigenvalue weighted by Gasteiger charge is -2.25. The van der Waals surface area contributed by atoms with Gasteiger partial charge in [-0.1, -0.05) is 24.3 Å². The summed E-state index contributed by atoms with van der Waals surface area (Å²) in [6.07, 6.45) is -1.08. The number of rotatable bonds is 9. The van der Waals surface area contributed by atoms with Crippen molar-refractivity contribution in [3.8, 4) is 5.75 Å². The molecule has 0 amide bonds. The fourth-order valence-electron chi connectivity index (χ4n) is 2.35. The lowest BCUT2D eigenvalue weighted by atomic mass is 10.1. The zero-order valence-electron chi connectivity index (χ0n) is 14.7. The molecule has 8 nitrogen and oxygen atoms in total. The molecule has 0 saturated heterocycles. The highest BCUT2D eigenvalue weighted by molar-refractivity contribution is 7.99. The van der Waals surface area contributed by atoms with Crippen LogP contribution < -0.4 is 0 Å². The van der Waals surface area contributed by atoms with Crippen molar-refractivity contribution in [1.82, 2.24) is 0 Å². The number of hydrogen-bond acceptors (Lipinski definition) is 8. The number of carbonyl (C=O) groups is 1. The third-order valence-corrected chi connectivity index (χ3v) is 4.98. The van der Waals surface area contributed by atoms with Crippen molar-refractivity contribution in [3.05, 3.63) is 64.2 Å². The Morgan fingerprint density at radius 3 is 2.44 bits per heavy atom. The Morgan fingerprint density at radius 2 is 1.85 bits per heavy atom. The summed E-state index contributed by atoms with van der Waals surface area (Å²) in [5.41, 5.74) is 0.545. The van der Waals surface area contributed by atoms with E-state index in [1.54, 1.807) is 30.3 Å². The number of aromatic hydroxyl groups is 1. The van der Waals surface area contributed by atoms with Crippen molar-refractivity contribution in [2.24, 2.45) is 0 Å². The molecule has 0 fully saturated rings. The van der Waals surface area contributed by atoms with Gasteiger partial charge in [0.2, 0.25) is 0 Å². The quantitative estimate of drug-likeness (QED) is 0.227. The first-order valence-electron chi connectivity index (χ1n) is 7.85. The second-order valence-corrected chi connectivity index (χ2v) is 6.56. The molecule has 0 aliphatic heterocycles. The minimum absolute atomic E-state index is 0.0561. The van der Waals surface area contributed by atoms with Crippen LogP contribution in [0.25, 0.3) is 0 Å². The molecule has 0 aromatic heterocycles. The largest absolute Gasteiger partial charge is 0.508 e. The zero-order chi connectivity index (χ0) is 19.8. The van der Waals surface area contributed by atoms with E-state index in [0.29, 0.717) is 10.5 Å². The maximum absolute atomic E-state index is 12.3. The van der Waals surface area contributed by atoms with Gasteiger partial charge < -0.3 is 19.3 Å². The summed E-state index contributed by atoms with van der Waals surface area (Å²) in [5.74, 6) is -0.586. The van der Waals surface area contributed by atoms with Crippen LogP contribution in [-0.2, 0) is 19.0 Å². The maximum Gasteiger partial charge on any atom is 0.336 e. The predicted molar refractivity (Wildman–Crippen MR) is 98.6 cm³/mol. The lowest BCUT2D eigenvalue weighted by Crippen LogP contribution is -2.31. The monoisotopic (exact) mass is 393 g/mol. The van der Waals surface area contributed by atoms with Crippen LogP contribution >= 0.6 is 11.8 Å². The van der Waals surface area contributed by atoms with E-state index in [0.717, 1.165) is 11.8 Å². The summed E-state index contributed by atoms with van der Waals surface area (Å²) in [4.78, 5) is 23.5. The number of carbonyl (C=O) groups excluding carboxylic acids is 1. The number of hydrogen-bond donors (Lipinski definition) is 1. The van der Waals surface area contributed by atoms with Crippen molar-refractivity contribution >= 4 is 23.4 Å². The van der Waals surface area contributed by atoms with Crippen LogP contribution in [0.1, 0.15) is 10.8 Å². The normalized spacial score (nSPS) is 13.0. The first-order chi connectivity index (χ1) is 13.0. The van der Waals surface area contributed by atoms with Crippen LogP contribution in [0.2, 0.25) is 0 Å². The molecule has 27 heavy (non-hydrogen) atoms. The number of benzene rings is 2. The van der Waals surface area contributed by atoms with E-state index in [-0.39, 0.29) is 18.2 Å². The Hall–Kier alpha value is -2.62. The molecule has 0 unspecified atom stereocenters. The first-order valence-corrected chi connectivity index (χ1v) is 8.73. The van der Waals surface area contributed by atoms with Gasteiger partial charge in [-0.25, -0.2) is 4.79 Å². The molecule has 0 spiro atoms. The number of esters is 1. The van der Waals surface area contributed by atoms with Crippen LogP contribution in [-0.4, -0.2) is 43.1 Å². The fourth-order valence-corrected chi connectivity index (χ4v) is 3.65. The van der Waals surface area contributed by atoms with Gasteiger partial charge in [0.25, 0.3) is 5.69 Å². The molecule has 0 aliphatic carbocycles. The molecule has 0 heterocycles. The number of ether oxygens (including phenoxy) is 3. The Bertz CT molecular complexity index is 782. The first kappa shape index (κ1) is 20.7. The molecule has 0 radical (unpaired) electrons. The summed E-state index contributed by atoms with van der Waals surface area (Å²) in [6, 6.07) is 12.4. The number of phenols is 1. The summed E-state index contributed by atoms with van der Waals surface area (Å²) < 4.78 is 15.2. The third-order valence-electron chi connectivity index (χ3n) is 3.61. The highest BCUT2D eigenvalue weighted by Crippen LogP contribution is 2.43. The highest BCUT2D eigenvalue weighted by atomic mass is 32.2. The van der Waals surface area contributed by atoms with E-state index in [4.69, 9.17) is 14.2 Å². The number of phenolic OH excluding ortho intramolecular Hbond substituents is 1. The van der Waals surface area contributed by atoms with Crippen LogP contribution in [0.3, 0.4) is 0 Å². The lowest BCUT2D eigenvalue weighted by molar-refractivity contribution is -0.387. The minimum atomic E-state index is -1.08. The van der Waals surface area contributed by atoms with Gasteiger partial charge in [0.1, 0.15) is 12.5 Å². The molecule has 2 atom stereocenters. The van der Waals surface area contributed by atoms with Gasteiger partial charge in [-0.2, -0.15) is 0 Å². The van der Waals surface area contributed by atoms with Crippen LogP contribution in [0.5, 0.6) is 5.75 Å². The smallest absolute Gasteiger partial charge is 0.336 e. The van der Waals surface area contributed by atoms with Gasteiger partial charge in [0.05, 0.1) is 22.2 Å². The SMILES string of the molecule is COCO[C@@H](C(=O)OC)[C@@H](Sc1ccccc1[N+](=O)[O-])c1ccc(O)cc1. The molecular weight excluding hydrogens is 374 g/mol. The average Bonchev–Trinajstić information content (AvgIpc) is 2.68. The second kappa shape index (κ2) is 9.91. The molecule has 0 bridgehead atoms. The predicted octanol–water partition coefficient (Wildman–Crippen LogP) is 3.30. The number of para-hydroxylation sites is 1. The Kier molecular flexibility index (Phi) is 7.59. The zero-order valence-corrected chi connectivity index (χ0v) is 15.5. The molecule has 2 aromatic rings. The van der Waals surface area contributed by atoms with E-state index in [9.17, 15) is 20.0 Å². The highest BCUT2D eigenvalue weighted by Gasteiger charge is 2.34.